The van der Waals surface area contributed by atoms with Crippen molar-refractivity contribution < 1.29 is 23.1 Å². The minimum Gasteiger partial charge on any atom is -0.480 e. The Morgan fingerprint density at radius 2 is 1.42 bits per heavy atom. The Bertz CT molecular complexity index is 1120. The molecule has 0 saturated carbocycles. The predicted molar refractivity (Wildman–Crippen MR) is 96.2 cm³/mol. The number of alkyl halides is 4. The van der Waals surface area contributed by atoms with Crippen molar-refractivity contribution in [1.82, 2.24) is 0 Å². The summed E-state index contributed by atoms with van der Waals surface area (Å²) in [5.41, 5.74) is -0.120. The van der Waals surface area contributed by atoms with Gasteiger partial charge in [0.1, 0.15) is 11.3 Å². The molecule has 0 saturated heterocycles. The van der Waals surface area contributed by atoms with Crippen molar-refractivity contribution in [2.75, 3.05) is 0 Å². The first-order chi connectivity index (χ1) is 12.3. The molecule has 132 valence electrons. The molecule has 0 spiro atoms. The van der Waals surface area contributed by atoms with Crippen LogP contribution in [0.15, 0.2) is 54.6 Å². The lowest BCUT2D eigenvalue weighted by molar-refractivity contribution is -0.162. The average Bonchev–Trinajstić information content (AvgIpc) is 2.59. The summed E-state index contributed by atoms with van der Waals surface area (Å²) in [7, 11) is 0. The van der Waals surface area contributed by atoms with Gasteiger partial charge in [0.15, 0.2) is 0 Å². The Kier molecular flexibility index (Phi) is 3.74. The van der Waals surface area contributed by atoms with Crippen molar-refractivity contribution in [3.05, 3.63) is 60.2 Å². The van der Waals surface area contributed by atoms with E-state index in [1.165, 1.54) is 6.07 Å². The van der Waals surface area contributed by atoms with Crippen molar-refractivity contribution >= 4 is 49.9 Å². The van der Waals surface area contributed by atoms with E-state index >= 15 is 0 Å². The minimum atomic E-state index is -4.78. The smallest absolute Gasteiger partial charge is 0.397 e. The molecule has 2 atom stereocenters. The molecule has 0 heterocycles. The second-order valence-electron chi connectivity index (χ2n) is 6.27. The van der Waals surface area contributed by atoms with Gasteiger partial charge in [0.05, 0.1) is 0 Å². The van der Waals surface area contributed by atoms with Crippen LogP contribution in [0, 0.1) is 0 Å². The lowest BCUT2D eigenvalue weighted by Gasteiger charge is -2.25. The molecule has 0 bridgehead atoms. The number of benzene rings is 4. The molecular formula is C20H12ClF3O2. The number of halogens is 4. The number of rotatable bonds is 3. The Hall–Kier alpha value is -2.53. The van der Waals surface area contributed by atoms with E-state index in [1.807, 2.05) is 30.3 Å². The summed E-state index contributed by atoms with van der Waals surface area (Å²) < 4.78 is 41.1. The van der Waals surface area contributed by atoms with Gasteiger partial charge in [-0.3, -0.25) is 4.79 Å². The summed E-state index contributed by atoms with van der Waals surface area (Å²) in [6, 6.07) is 15.8. The topological polar surface area (TPSA) is 37.3 Å². The fourth-order valence-corrected chi connectivity index (χ4v) is 3.95. The Morgan fingerprint density at radius 1 is 0.885 bits per heavy atom. The van der Waals surface area contributed by atoms with Crippen LogP contribution < -0.4 is 0 Å². The lowest BCUT2D eigenvalue weighted by atomic mass is 9.86. The summed E-state index contributed by atoms with van der Waals surface area (Å²) in [6.45, 7) is 0. The highest BCUT2D eigenvalue weighted by molar-refractivity contribution is 6.30. The van der Waals surface area contributed by atoms with Crippen molar-refractivity contribution in [2.45, 2.75) is 17.5 Å². The summed E-state index contributed by atoms with van der Waals surface area (Å²) in [5.74, 6) is -3.99. The summed E-state index contributed by atoms with van der Waals surface area (Å²) in [5, 5.41) is 11.6. The quantitative estimate of drug-likeness (QED) is 0.356. The molecule has 1 N–H and O–H groups in total. The van der Waals surface area contributed by atoms with E-state index in [4.69, 9.17) is 16.7 Å². The molecule has 6 heteroatoms. The van der Waals surface area contributed by atoms with E-state index in [-0.39, 0.29) is 5.56 Å². The molecule has 4 aromatic carbocycles. The molecule has 2 nitrogen and oxygen atoms in total. The van der Waals surface area contributed by atoms with E-state index in [0.717, 1.165) is 21.5 Å². The zero-order valence-corrected chi connectivity index (χ0v) is 14.0. The van der Waals surface area contributed by atoms with E-state index in [2.05, 4.69) is 0 Å². The standard InChI is InChI=1S/C20H12ClF3O2/c21-18(19(25)26)17(20(22,23)24)14-9-7-12-5-4-10-2-1-3-11-6-8-13(14)16(12)15(10)11/h1-9,17-18H,(H,25,26)/t17-,18?/m1/s1. The minimum absolute atomic E-state index is 0.120. The van der Waals surface area contributed by atoms with Gasteiger partial charge < -0.3 is 5.11 Å². The first kappa shape index (κ1) is 16.9. The van der Waals surface area contributed by atoms with Gasteiger partial charge in [-0.15, -0.1) is 11.6 Å². The Morgan fingerprint density at radius 3 is 2.00 bits per heavy atom. The first-order valence-corrected chi connectivity index (χ1v) is 8.32. The van der Waals surface area contributed by atoms with Crippen LogP contribution in [0.4, 0.5) is 13.2 Å². The Labute approximate surface area is 151 Å². The van der Waals surface area contributed by atoms with Gasteiger partial charge in [0, 0.05) is 0 Å². The molecule has 1 unspecified atom stereocenters. The molecule has 26 heavy (non-hydrogen) atoms. The second-order valence-corrected chi connectivity index (χ2v) is 6.74. The van der Waals surface area contributed by atoms with Gasteiger partial charge in [-0.25, -0.2) is 0 Å². The zero-order chi connectivity index (χ0) is 18.6. The van der Waals surface area contributed by atoms with Crippen molar-refractivity contribution in [3.63, 3.8) is 0 Å². The molecule has 0 aliphatic heterocycles. The third-order valence-electron chi connectivity index (χ3n) is 4.78. The average molecular weight is 377 g/mol. The molecule has 0 fully saturated rings. The number of carbonyl (C=O) groups is 1. The summed E-state index contributed by atoms with van der Waals surface area (Å²) in [6.07, 6.45) is -4.78. The van der Waals surface area contributed by atoms with E-state index < -0.39 is 23.4 Å². The molecule has 4 aromatic rings. The van der Waals surface area contributed by atoms with Gasteiger partial charge in [0.2, 0.25) is 0 Å². The Balaban J connectivity index is 2.11. The molecule has 0 aliphatic carbocycles. The van der Waals surface area contributed by atoms with E-state index in [1.54, 1.807) is 18.2 Å². The van der Waals surface area contributed by atoms with Gasteiger partial charge in [-0.1, -0.05) is 54.6 Å². The maximum Gasteiger partial charge on any atom is 0.397 e. The van der Waals surface area contributed by atoms with Crippen molar-refractivity contribution in [2.24, 2.45) is 0 Å². The van der Waals surface area contributed by atoms with Crippen LogP contribution >= 0.6 is 11.6 Å². The monoisotopic (exact) mass is 376 g/mol. The normalized spacial score (nSPS) is 14.9. The number of carboxylic acids is 1. The van der Waals surface area contributed by atoms with Crippen LogP contribution in [0.1, 0.15) is 11.5 Å². The highest BCUT2D eigenvalue weighted by atomic mass is 35.5. The van der Waals surface area contributed by atoms with Gasteiger partial charge in [-0.05, 0) is 37.9 Å². The number of hydrogen-bond donors (Lipinski definition) is 1. The molecule has 0 aliphatic rings. The fraction of sp³-hybridized carbons (Fsp3) is 0.150. The van der Waals surface area contributed by atoms with E-state index in [9.17, 15) is 18.0 Å². The first-order valence-electron chi connectivity index (χ1n) is 7.89. The largest absolute Gasteiger partial charge is 0.480 e. The van der Waals surface area contributed by atoms with Crippen LogP contribution in [0.2, 0.25) is 0 Å². The third-order valence-corrected chi connectivity index (χ3v) is 5.22. The van der Waals surface area contributed by atoms with Crippen LogP contribution in [0.3, 0.4) is 0 Å². The number of carboxylic acid groups (broad SMARTS) is 1. The van der Waals surface area contributed by atoms with Crippen LogP contribution in [0.25, 0.3) is 32.3 Å². The van der Waals surface area contributed by atoms with Crippen LogP contribution in [-0.4, -0.2) is 22.6 Å². The predicted octanol–water partition coefficient (Wildman–Crippen LogP) is 5.92. The maximum atomic E-state index is 13.7. The van der Waals surface area contributed by atoms with Gasteiger partial charge in [-0.2, -0.15) is 13.2 Å². The van der Waals surface area contributed by atoms with Gasteiger partial charge >= 0.3 is 12.1 Å². The highest BCUT2D eigenvalue weighted by Crippen LogP contribution is 2.45. The maximum absolute atomic E-state index is 13.7. The molecule has 0 amide bonds. The second kappa shape index (κ2) is 5.74. The molecule has 4 rings (SSSR count). The summed E-state index contributed by atoms with van der Waals surface area (Å²) in [4.78, 5) is 11.2. The SMILES string of the molecule is O=C(O)C(Cl)[C@@H](c1ccc2ccc3cccc4ccc1c2c34)C(F)(F)F. The fourth-order valence-electron chi connectivity index (χ4n) is 3.67. The third kappa shape index (κ3) is 2.46. The van der Waals surface area contributed by atoms with Crippen LogP contribution in [0.5, 0.6) is 0 Å². The van der Waals surface area contributed by atoms with Crippen LogP contribution in [-0.2, 0) is 4.79 Å². The number of aliphatic carboxylic acids is 1. The van der Waals surface area contributed by atoms with Gasteiger partial charge in [0.25, 0.3) is 0 Å². The summed E-state index contributed by atoms with van der Waals surface area (Å²) >= 11 is 5.67. The molecule has 0 aromatic heterocycles. The highest BCUT2D eigenvalue weighted by Gasteiger charge is 2.48. The van der Waals surface area contributed by atoms with Crippen molar-refractivity contribution in [3.8, 4) is 0 Å². The zero-order valence-electron chi connectivity index (χ0n) is 13.2. The molecular weight excluding hydrogens is 365 g/mol. The lowest BCUT2D eigenvalue weighted by Crippen LogP contribution is -2.34. The number of hydrogen-bond acceptors (Lipinski definition) is 1. The van der Waals surface area contributed by atoms with Crippen molar-refractivity contribution in [1.29, 1.82) is 0 Å². The molecule has 0 radical (unpaired) electrons. The van der Waals surface area contributed by atoms with E-state index in [0.29, 0.717) is 10.8 Å².